The number of rotatable bonds is 7. The van der Waals surface area contributed by atoms with E-state index in [0.717, 1.165) is 0 Å². The molecule has 0 radical (unpaired) electrons. The molecule has 1 saturated carbocycles. The number of nitrogens with zero attached hydrogens (tertiary/aromatic N) is 1. The minimum Gasteiger partial charge on any atom is -0.481 e. The van der Waals surface area contributed by atoms with Crippen molar-refractivity contribution in [1.29, 1.82) is 5.26 Å². The van der Waals surface area contributed by atoms with Crippen molar-refractivity contribution in [3.8, 4) is 17.6 Å². The first kappa shape index (κ1) is 21.4. The summed E-state index contributed by atoms with van der Waals surface area (Å²) in [5.74, 6) is -3.21. The van der Waals surface area contributed by atoms with Crippen LogP contribution in [-0.4, -0.2) is 22.2 Å². The number of carbonyl (C=O) groups is 2. The molecule has 2 N–H and O–H groups in total. The molecule has 2 aromatic carbocycles. The highest BCUT2D eigenvalue weighted by Crippen LogP contribution is 2.75. The molecule has 0 spiro atoms. The third-order valence-corrected chi connectivity index (χ3v) is 6.16. The molecule has 0 heterocycles. The van der Waals surface area contributed by atoms with Crippen molar-refractivity contribution in [3.63, 3.8) is 0 Å². The van der Waals surface area contributed by atoms with Gasteiger partial charge in [0.2, 0.25) is 0 Å². The summed E-state index contributed by atoms with van der Waals surface area (Å²) in [6, 6.07) is 17.9. The van der Waals surface area contributed by atoms with Crippen LogP contribution >= 0.6 is 11.6 Å². The van der Waals surface area contributed by atoms with Crippen LogP contribution in [0.15, 0.2) is 65.7 Å². The third-order valence-electron chi connectivity index (χ3n) is 5.88. The van der Waals surface area contributed by atoms with Crippen LogP contribution in [0.2, 0.25) is 0 Å². The van der Waals surface area contributed by atoms with Crippen LogP contribution in [0.4, 0.5) is 0 Å². The van der Waals surface area contributed by atoms with Crippen molar-refractivity contribution in [1.82, 2.24) is 0 Å². The Kier molecular flexibility index (Phi) is 5.60. The van der Waals surface area contributed by atoms with Crippen molar-refractivity contribution in [3.05, 3.63) is 71.3 Å². The Hall–Kier alpha value is -3.30. The minimum atomic E-state index is -1.53. The van der Waals surface area contributed by atoms with Gasteiger partial charge in [-0.05, 0) is 35.2 Å². The van der Waals surface area contributed by atoms with E-state index in [9.17, 15) is 20.0 Å². The van der Waals surface area contributed by atoms with Crippen LogP contribution in [0.5, 0.6) is 11.5 Å². The van der Waals surface area contributed by atoms with E-state index in [2.05, 4.69) is 6.07 Å². The molecule has 1 aliphatic carbocycles. The number of allylic oxidation sites excluding steroid dienone is 1. The first-order valence-corrected chi connectivity index (χ1v) is 9.60. The monoisotopic (exact) mass is 425 g/mol. The summed E-state index contributed by atoms with van der Waals surface area (Å²) in [5.41, 5.74) is -1.93. The number of halogens is 1. The smallest absolute Gasteiger partial charge is 0.346 e. The molecule has 1 fully saturated rings. The summed E-state index contributed by atoms with van der Waals surface area (Å²) >= 11 is 5.79. The van der Waals surface area contributed by atoms with Crippen LogP contribution in [-0.2, 0) is 9.59 Å². The number of hydrogen-bond acceptors (Lipinski definition) is 4. The van der Waals surface area contributed by atoms with E-state index in [4.69, 9.17) is 21.4 Å². The zero-order valence-electron chi connectivity index (χ0n) is 16.4. The van der Waals surface area contributed by atoms with E-state index in [1.54, 1.807) is 50.2 Å². The molecular weight excluding hydrogens is 406 g/mol. The molecule has 7 heteroatoms. The molecule has 154 valence electrons. The van der Waals surface area contributed by atoms with Crippen LogP contribution in [0.1, 0.15) is 25.3 Å². The first-order valence-electron chi connectivity index (χ1n) is 9.22. The lowest BCUT2D eigenvalue weighted by Gasteiger charge is -2.22. The van der Waals surface area contributed by atoms with Gasteiger partial charge in [0.1, 0.15) is 21.9 Å². The normalized spacial score (nSPS) is 23.1. The molecule has 30 heavy (non-hydrogen) atoms. The maximum atomic E-state index is 12.4. The van der Waals surface area contributed by atoms with Crippen molar-refractivity contribution in [2.45, 2.75) is 19.8 Å². The van der Waals surface area contributed by atoms with Gasteiger partial charge in [-0.3, -0.25) is 4.79 Å². The molecular formula is C23H20ClNO5. The van der Waals surface area contributed by atoms with Gasteiger partial charge in [0.05, 0.1) is 12.0 Å². The van der Waals surface area contributed by atoms with Gasteiger partial charge in [0.15, 0.2) is 0 Å². The summed E-state index contributed by atoms with van der Waals surface area (Å²) in [5, 5.41) is 28.7. The van der Waals surface area contributed by atoms with Gasteiger partial charge in [-0.2, -0.15) is 5.26 Å². The Labute approximate surface area is 179 Å². The Morgan fingerprint density at radius 2 is 1.77 bits per heavy atom. The summed E-state index contributed by atoms with van der Waals surface area (Å²) < 4.78 is 5.81. The topological polar surface area (TPSA) is 108 Å². The second-order valence-electron chi connectivity index (χ2n) is 7.74. The highest BCUT2D eigenvalue weighted by Gasteiger charge is 2.78. The highest BCUT2D eigenvalue weighted by molar-refractivity contribution is 6.41. The number of ether oxygens (including phenoxy) is 1. The number of benzene rings is 2. The van der Waals surface area contributed by atoms with Gasteiger partial charge in [0, 0.05) is 5.92 Å². The highest BCUT2D eigenvalue weighted by atomic mass is 35.5. The number of carboxylic acid groups (broad SMARTS) is 2. The molecule has 0 aliphatic heterocycles. The van der Waals surface area contributed by atoms with Crippen LogP contribution < -0.4 is 4.74 Å². The standard InChI is InChI=1S/C23H20ClNO5/c1-22(2)19(12-18(24)20(26)27)23(22,21(28)29)17(13-25)14-7-6-10-16(11-14)30-15-8-4-3-5-9-15/h3-12,17,19H,1-2H3,(H,26,27)(H,28,29)/t17-,19-,23+/m0/s1. The molecule has 2 aromatic rings. The molecule has 1 aliphatic rings. The zero-order chi connectivity index (χ0) is 22.1. The number of para-hydroxylation sites is 1. The number of nitriles is 1. The lowest BCUT2D eigenvalue weighted by Crippen LogP contribution is -2.28. The maximum Gasteiger partial charge on any atom is 0.346 e. The van der Waals surface area contributed by atoms with Crippen LogP contribution in [0.25, 0.3) is 0 Å². The van der Waals surface area contributed by atoms with E-state index >= 15 is 0 Å². The Balaban J connectivity index is 2.03. The second kappa shape index (κ2) is 7.85. The number of aliphatic carboxylic acids is 2. The number of carboxylic acids is 2. The third kappa shape index (κ3) is 3.42. The summed E-state index contributed by atoms with van der Waals surface area (Å²) in [7, 11) is 0. The molecule has 6 nitrogen and oxygen atoms in total. The van der Waals surface area contributed by atoms with Gasteiger partial charge in [-0.25, -0.2) is 4.79 Å². The lowest BCUT2D eigenvalue weighted by atomic mass is 9.78. The largest absolute Gasteiger partial charge is 0.481 e. The minimum absolute atomic E-state index is 0.464. The molecule has 0 amide bonds. The fraction of sp³-hybridized carbons (Fsp3) is 0.261. The van der Waals surface area contributed by atoms with Crippen molar-refractivity contribution < 1.29 is 24.5 Å². The molecule has 3 atom stereocenters. The summed E-state index contributed by atoms with van der Waals surface area (Å²) in [6.07, 6.45) is 1.23. The van der Waals surface area contributed by atoms with Gasteiger partial charge >= 0.3 is 11.9 Å². The maximum absolute atomic E-state index is 12.4. The first-order chi connectivity index (χ1) is 14.2. The predicted octanol–water partition coefficient (Wildman–Crippen LogP) is 5.02. The van der Waals surface area contributed by atoms with Gasteiger partial charge in [0.25, 0.3) is 0 Å². The summed E-state index contributed by atoms with van der Waals surface area (Å²) in [4.78, 5) is 23.6. The van der Waals surface area contributed by atoms with E-state index in [1.165, 1.54) is 6.08 Å². The zero-order valence-corrected chi connectivity index (χ0v) is 17.1. The predicted molar refractivity (Wildman–Crippen MR) is 110 cm³/mol. The van der Waals surface area contributed by atoms with E-state index < -0.39 is 39.6 Å². The Morgan fingerprint density at radius 1 is 1.13 bits per heavy atom. The molecule has 0 saturated heterocycles. The summed E-state index contributed by atoms with van der Waals surface area (Å²) in [6.45, 7) is 3.39. The molecule has 0 aromatic heterocycles. The van der Waals surface area contributed by atoms with Crippen molar-refractivity contribution in [2.24, 2.45) is 16.7 Å². The van der Waals surface area contributed by atoms with E-state index in [-0.39, 0.29) is 0 Å². The quantitative estimate of drug-likeness (QED) is 0.603. The van der Waals surface area contributed by atoms with Gasteiger partial charge in [-0.1, -0.05) is 61.9 Å². The molecule has 0 bridgehead atoms. The van der Waals surface area contributed by atoms with Crippen LogP contribution in [0, 0.1) is 28.1 Å². The molecule has 0 unspecified atom stereocenters. The van der Waals surface area contributed by atoms with E-state index in [0.29, 0.717) is 17.1 Å². The van der Waals surface area contributed by atoms with Gasteiger partial charge < -0.3 is 14.9 Å². The average molecular weight is 426 g/mol. The SMILES string of the molecule is CC1(C)[C@H](C=C(Cl)C(=O)O)[C@@]1(C(=O)O)[C@@H](C#N)c1cccc(Oc2ccccc2)c1. The lowest BCUT2D eigenvalue weighted by molar-refractivity contribution is -0.145. The average Bonchev–Trinajstić information content (AvgIpc) is 3.19. The van der Waals surface area contributed by atoms with E-state index in [1.807, 2.05) is 18.2 Å². The fourth-order valence-corrected chi connectivity index (χ4v) is 4.43. The Bertz CT molecular complexity index is 1060. The van der Waals surface area contributed by atoms with Crippen molar-refractivity contribution >= 4 is 23.5 Å². The Morgan fingerprint density at radius 3 is 2.33 bits per heavy atom. The number of hydrogen-bond donors (Lipinski definition) is 2. The van der Waals surface area contributed by atoms with Crippen LogP contribution in [0.3, 0.4) is 0 Å². The molecule has 3 rings (SSSR count). The fourth-order valence-electron chi connectivity index (χ4n) is 4.30. The second-order valence-corrected chi connectivity index (χ2v) is 8.15. The van der Waals surface area contributed by atoms with Gasteiger partial charge in [-0.15, -0.1) is 0 Å². The van der Waals surface area contributed by atoms with Crippen molar-refractivity contribution in [2.75, 3.05) is 0 Å².